The van der Waals surface area contributed by atoms with Crippen LogP contribution in [-0.2, 0) is 32.0 Å². The highest BCUT2D eigenvalue weighted by Gasteiger charge is 2.31. The molecule has 1 saturated heterocycles. The number of nitrogens with one attached hydrogen (secondary N) is 1. The summed E-state index contributed by atoms with van der Waals surface area (Å²) >= 11 is 0. The van der Waals surface area contributed by atoms with Crippen molar-refractivity contribution >= 4 is 17.6 Å². The summed E-state index contributed by atoms with van der Waals surface area (Å²) in [7, 11) is 1.65. The minimum Gasteiger partial charge on any atom is -0.496 e. The molecule has 2 aliphatic rings. The smallest absolute Gasteiger partial charge is 0.341 e. The molecule has 1 fully saturated rings. The average Bonchev–Trinajstić information content (AvgIpc) is 3.21. The summed E-state index contributed by atoms with van der Waals surface area (Å²) in [5.74, 6) is 0.293. The number of morpholine rings is 1. The Bertz CT molecular complexity index is 890. The molecule has 0 amide bonds. The van der Waals surface area contributed by atoms with Gasteiger partial charge in [-0.05, 0) is 39.2 Å². The van der Waals surface area contributed by atoms with E-state index in [9.17, 15) is 9.59 Å². The van der Waals surface area contributed by atoms with Gasteiger partial charge in [-0.25, -0.2) is 4.79 Å². The molecular formula is C25H36N2O6. The highest BCUT2D eigenvalue weighted by atomic mass is 16.5. The van der Waals surface area contributed by atoms with E-state index in [0.29, 0.717) is 38.0 Å². The number of anilines is 1. The van der Waals surface area contributed by atoms with E-state index < -0.39 is 0 Å². The van der Waals surface area contributed by atoms with E-state index >= 15 is 0 Å². The number of cyclic esters (lactones) is 1. The minimum absolute atomic E-state index is 0.182. The van der Waals surface area contributed by atoms with Gasteiger partial charge < -0.3 is 24.3 Å². The van der Waals surface area contributed by atoms with Gasteiger partial charge in [-0.15, -0.1) is 0 Å². The maximum Gasteiger partial charge on any atom is 0.341 e. The van der Waals surface area contributed by atoms with E-state index in [1.165, 1.54) is 0 Å². The Labute approximate surface area is 196 Å². The van der Waals surface area contributed by atoms with Crippen LogP contribution in [-0.4, -0.2) is 69.9 Å². The van der Waals surface area contributed by atoms with Gasteiger partial charge in [0, 0.05) is 43.7 Å². The summed E-state index contributed by atoms with van der Waals surface area (Å²) in [6.07, 6.45) is 3.65. The number of hydrogen-bond acceptors (Lipinski definition) is 8. The zero-order chi connectivity index (χ0) is 23.8. The second kappa shape index (κ2) is 12.0. The molecule has 2 aliphatic heterocycles. The largest absolute Gasteiger partial charge is 0.496 e. The number of methoxy groups -OCH3 is 1. The Morgan fingerprint density at radius 3 is 2.70 bits per heavy atom. The molecule has 8 nitrogen and oxygen atoms in total. The number of esters is 2. The van der Waals surface area contributed by atoms with Crippen LogP contribution < -0.4 is 10.1 Å². The van der Waals surface area contributed by atoms with Crippen LogP contribution in [0.5, 0.6) is 5.75 Å². The van der Waals surface area contributed by atoms with Crippen LogP contribution in [0.1, 0.15) is 53.7 Å². The summed E-state index contributed by atoms with van der Waals surface area (Å²) in [5.41, 5.74) is 5.23. The molecule has 8 heteroatoms. The molecule has 1 aromatic rings. The first-order valence-electron chi connectivity index (χ1n) is 11.7. The fraction of sp³-hybridized carbons (Fsp3) is 0.600. The highest BCUT2D eigenvalue weighted by Crippen LogP contribution is 2.41. The van der Waals surface area contributed by atoms with Crippen molar-refractivity contribution in [1.82, 2.24) is 4.90 Å². The van der Waals surface area contributed by atoms with E-state index in [4.69, 9.17) is 18.9 Å². The van der Waals surface area contributed by atoms with E-state index in [2.05, 4.69) is 16.3 Å². The molecule has 0 radical (unpaired) electrons. The van der Waals surface area contributed by atoms with Crippen LogP contribution >= 0.6 is 0 Å². The van der Waals surface area contributed by atoms with Crippen molar-refractivity contribution in [2.75, 3.05) is 58.4 Å². The molecule has 0 aromatic heterocycles. The number of ether oxygens (including phenoxy) is 4. The standard InChI is InChI=1S/C25H36N2O6/c1-5-26-23-19(24(30-4)18(3)20-16-33-25(29)22(20)23)8-6-17(2)7-9-21(28)32-15-12-27-10-13-31-14-11-27/h6,26H,5,7-16H2,1-4H3/b17-6+. The summed E-state index contributed by atoms with van der Waals surface area (Å²) in [5, 5.41) is 3.34. The fourth-order valence-electron chi connectivity index (χ4n) is 4.29. The lowest BCUT2D eigenvalue weighted by atomic mass is 9.93. The first-order chi connectivity index (χ1) is 16.0. The molecule has 0 atom stereocenters. The van der Waals surface area contributed by atoms with Gasteiger partial charge in [-0.1, -0.05) is 11.6 Å². The van der Waals surface area contributed by atoms with Gasteiger partial charge in [-0.3, -0.25) is 9.69 Å². The van der Waals surface area contributed by atoms with Gasteiger partial charge in [0.05, 0.1) is 31.6 Å². The predicted molar refractivity (Wildman–Crippen MR) is 126 cm³/mol. The molecule has 1 aromatic carbocycles. The predicted octanol–water partition coefficient (Wildman–Crippen LogP) is 3.25. The van der Waals surface area contributed by atoms with Crippen LogP contribution in [0.15, 0.2) is 11.6 Å². The first-order valence-corrected chi connectivity index (χ1v) is 11.7. The number of allylic oxidation sites excluding steroid dienone is 2. The molecule has 0 spiro atoms. The summed E-state index contributed by atoms with van der Waals surface area (Å²) < 4.78 is 21.7. The number of fused-ring (bicyclic) bond motifs is 1. The van der Waals surface area contributed by atoms with Crippen LogP contribution in [0.4, 0.5) is 5.69 Å². The van der Waals surface area contributed by atoms with Crippen LogP contribution in [0.25, 0.3) is 0 Å². The Morgan fingerprint density at radius 1 is 1.24 bits per heavy atom. The minimum atomic E-state index is -0.298. The third-order valence-corrected chi connectivity index (χ3v) is 6.18. The monoisotopic (exact) mass is 460 g/mol. The molecule has 0 saturated carbocycles. The van der Waals surface area contributed by atoms with Crippen molar-refractivity contribution in [3.8, 4) is 5.75 Å². The second-order valence-electron chi connectivity index (χ2n) is 8.40. The average molecular weight is 461 g/mol. The van der Waals surface area contributed by atoms with Gasteiger partial charge in [0.1, 0.15) is 19.0 Å². The summed E-state index contributed by atoms with van der Waals surface area (Å²) in [4.78, 5) is 26.8. The first kappa shape index (κ1) is 25.1. The quantitative estimate of drug-likeness (QED) is 0.398. The van der Waals surface area contributed by atoms with E-state index in [1.807, 2.05) is 20.8 Å². The van der Waals surface area contributed by atoms with E-state index in [-0.39, 0.29) is 18.5 Å². The Hall–Kier alpha value is -2.58. The van der Waals surface area contributed by atoms with Crippen LogP contribution in [0.2, 0.25) is 0 Å². The second-order valence-corrected chi connectivity index (χ2v) is 8.40. The maximum absolute atomic E-state index is 12.4. The molecule has 33 heavy (non-hydrogen) atoms. The fourth-order valence-corrected chi connectivity index (χ4v) is 4.29. The number of rotatable bonds is 11. The van der Waals surface area contributed by atoms with Gasteiger partial charge in [0.2, 0.25) is 0 Å². The number of hydrogen-bond donors (Lipinski definition) is 1. The normalized spacial score (nSPS) is 16.4. The Balaban J connectivity index is 1.60. The van der Waals surface area contributed by atoms with Gasteiger partial charge in [0.25, 0.3) is 0 Å². The Kier molecular flexibility index (Phi) is 9.14. The molecular weight excluding hydrogens is 424 g/mol. The van der Waals surface area contributed by atoms with Crippen molar-refractivity contribution < 1.29 is 28.5 Å². The van der Waals surface area contributed by atoms with E-state index in [1.54, 1.807) is 7.11 Å². The van der Waals surface area contributed by atoms with Gasteiger partial charge >= 0.3 is 11.9 Å². The Morgan fingerprint density at radius 2 is 2.00 bits per heavy atom. The lowest BCUT2D eigenvalue weighted by Gasteiger charge is -2.26. The lowest BCUT2D eigenvalue weighted by molar-refractivity contribution is -0.144. The van der Waals surface area contributed by atoms with Crippen molar-refractivity contribution in [3.63, 3.8) is 0 Å². The van der Waals surface area contributed by atoms with Crippen molar-refractivity contribution in [3.05, 3.63) is 33.9 Å². The van der Waals surface area contributed by atoms with Crippen molar-refractivity contribution in [2.24, 2.45) is 0 Å². The molecule has 0 bridgehead atoms. The van der Waals surface area contributed by atoms with Gasteiger partial charge in [0.15, 0.2) is 0 Å². The lowest BCUT2D eigenvalue weighted by Crippen LogP contribution is -2.38. The zero-order valence-corrected chi connectivity index (χ0v) is 20.3. The number of nitrogens with zero attached hydrogens (tertiary/aromatic N) is 1. The zero-order valence-electron chi connectivity index (χ0n) is 20.3. The molecule has 2 heterocycles. The topological polar surface area (TPSA) is 86.3 Å². The summed E-state index contributed by atoms with van der Waals surface area (Å²) in [6.45, 7) is 11.3. The number of benzene rings is 1. The number of carbonyl (C=O) groups excluding carboxylic acids is 2. The molecule has 3 rings (SSSR count). The maximum atomic E-state index is 12.4. The SMILES string of the molecule is CCNc1c(C/C=C(\C)CCC(=O)OCCN2CCOCC2)c(OC)c(C)c2c1C(=O)OC2. The summed E-state index contributed by atoms with van der Waals surface area (Å²) in [6, 6.07) is 0. The van der Waals surface area contributed by atoms with E-state index in [0.717, 1.165) is 66.5 Å². The molecule has 0 unspecified atom stereocenters. The molecule has 0 aliphatic carbocycles. The number of carbonyl (C=O) groups is 2. The third-order valence-electron chi connectivity index (χ3n) is 6.18. The van der Waals surface area contributed by atoms with Gasteiger partial charge in [-0.2, -0.15) is 0 Å². The van der Waals surface area contributed by atoms with Crippen LogP contribution in [0.3, 0.4) is 0 Å². The molecule has 1 N–H and O–H groups in total. The van der Waals surface area contributed by atoms with Crippen molar-refractivity contribution in [1.29, 1.82) is 0 Å². The third kappa shape index (κ3) is 6.26. The van der Waals surface area contributed by atoms with Crippen LogP contribution in [0, 0.1) is 6.92 Å². The molecule has 182 valence electrons. The highest BCUT2D eigenvalue weighted by molar-refractivity contribution is 6.01. The van der Waals surface area contributed by atoms with Crippen molar-refractivity contribution in [2.45, 2.75) is 46.6 Å².